The zero-order valence-electron chi connectivity index (χ0n) is 14.8. The number of aromatic carboxylic acids is 1. The maximum atomic E-state index is 12.6. The molecule has 7 nitrogen and oxygen atoms in total. The summed E-state index contributed by atoms with van der Waals surface area (Å²) in [5.41, 5.74) is 1.35. The molecule has 1 fully saturated rings. The first kappa shape index (κ1) is 18.7. The number of hydrogen-bond acceptors (Lipinski definition) is 5. The number of hydrogen-bond donors (Lipinski definition) is 3. The van der Waals surface area contributed by atoms with Crippen LogP contribution in [0.5, 0.6) is 11.5 Å². The number of ether oxygens (including phenoxy) is 2. The van der Waals surface area contributed by atoms with Gasteiger partial charge in [-0.05, 0) is 61.4 Å². The Bertz CT molecular complexity index is 833. The zero-order chi connectivity index (χ0) is 19.4. The lowest BCUT2D eigenvalue weighted by Gasteiger charge is -2.32. The smallest absolute Gasteiger partial charge is 0.335 e. The molecule has 142 valence electrons. The highest BCUT2D eigenvalue weighted by molar-refractivity contribution is 5.96. The lowest BCUT2D eigenvalue weighted by atomic mass is 10.0. The number of carboxylic acid groups (broad SMARTS) is 1. The van der Waals surface area contributed by atoms with Crippen LogP contribution >= 0.6 is 0 Å². The highest BCUT2D eigenvalue weighted by Crippen LogP contribution is 2.20. The van der Waals surface area contributed by atoms with E-state index in [1.54, 1.807) is 25.1 Å². The van der Waals surface area contributed by atoms with E-state index >= 15 is 0 Å². The summed E-state index contributed by atoms with van der Waals surface area (Å²) in [7, 11) is 0. The van der Waals surface area contributed by atoms with Crippen molar-refractivity contribution in [3.8, 4) is 11.5 Å². The van der Waals surface area contributed by atoms with Crippen molar-refractivity contribution < 1.29 is 29.3 Å². The van der Waals surface area contributed by atoms with Gasteiger partial charge in [-0.1, -0.05) is 0 Å². The van der Waals surface area contributed by atoms with Crippen LogP contribution in [0.3, 0.4) is 0 Å². The van der Waals surface area contributed by atoms with Crippen molar-refractivity contribution >= 4 is 11.9 Å². The molecule has 7 heteroatoms. The molecule has 0 aliphatic carbocycles. The molecule has 2 aromatic carbocycles. The van der Waals surface area contributed by atoms with Gasteiger partial charge in [-0.3, -0.25) is 4.79 Å². The van der Waals surface area contributed by atoms with Crippen molar-refractivity contribution in [2.75, 3.05) is 13.2 Å². The Morgan fingerprint density at radius 1 is 1.19 bits per heavy atom. The molecule has 27 heavy (non-hydrogen) atoms. The molecule has 1 aliphatic heterocycles. The Morgan fingerprint density at radius 2 is 1.93 bits per heavy atom. The van der Waals surface area contributed by atoms with Crippen molar-refractivity contribution in [1.29, 1.82) is 0 Å². The fourth-order valence-corrected chi connectivity index (χ4v) is 2.99. The average Bonchev–Trinajstić information content (AvgIpc) is 2.63. The molecule has 0 saturated carbocycles. The Balaban J connectivity index is 1.69. The molecule has 0 spiro atoms. The van der Waals surface area contributed by atoms with Crippen molar-refractivity contribution in [3.63, 3.8) is 0 Å². The van der Waals surface area contributed by atoms with Crippen molar-refractivity contribution in [2.45, 2.75) is 25.5 Å². The number of amides is 1. The van der Waals surface area contributed by atoms with E-state index in [9.17, 15) is 14.7 Å². The number of aryl methyl sites for hydroxylation is 1. The van der Waals surface area contributed by atoms with Gasteiger partial charge in [-0.15, -0.1) is 0 Å². The SMILES string of the molecule is Cc1cc(O)ccc1C(=O)N[C@@H]1CCOC[C@H]1Oc1ccc(C(=O)O)cc1. The molecule has 1 heterocycles. The summed E-state index contributed by atoms with van der Waals surface area (Å²) in [6, 6.07) is 10.4. The van der Waals surface area contributed by atoms with Crippen LogP contribution in [0.1, 0.15) is 32.7 Å². The van der Waals surface area contributed by atoms with Gasteiger partial charge in [-0.2, -0.15) is 0 Å². The number of carbonyl (C=O) groups excluding carboxylic acids is 1. The van der Waals surface area contributed by atoms with Gasteiger partial charge in [0.25, 0.3) is 5.91 Å². The van der Waals surface area contributed by atoms with Crippen molar-refractivity contribution in [2.24, 2.45) is 0 Å². The second-order valence-electron chi connectivity index (χ2n) is 6.43. The normalized spacial score (nSPS) is 19.3. The van der Waals surface area contributed by atoms with Gasteiger partial charge >= 0.3 is 5.97 Å². The van der Waals surface area contributed by atoms with Crippen LogP contribution in [0.25, 0.3) is 0 Å². The zero-order valence-corrected chi connectivity index (χ0v) is 14.8. The molecule has 0 radical (unpaired) electrons. The van der Waals surface area contributed by atoms with Crippen molar-refractivity contribution in [1.82, 2.24) is 5.32 Å². The quantitative estimate of drug-likeness (QED) is 0.745. The van der Waals surface area contributed by atoms with Crippen LogP contribution in [-0.2, 0) is 4.74 Å². The van der Waals surface area contributed by atoms with E-state index in [0.717, 1.165) is 0 Å². The third-order valence-corrected chi connectivity index (χ3v) is 4.46. The third kappa shape index (κ3) is 4.57. The highest BCUT2D eigenvalue weighted by Gasteiger charge is 2.29. The van der Waals surface area contributed by atoms with Crippen LogP contribution in [-0.4, -0.2) is 47.4 Å². The number of aromatic hydroxyl groups is 1. The van der Waals surface area contributed by atoms with Gasteiger partial charge in [0.15, 0.2) is 0 Å². The van der Waals surface area contributed by atoms with E-state index in [4.69, 9.17) is 14.6 Å². The molecular formula is C20H21NO6. The molecule has 3 N–H and O–H groups in total. The number of phenols is 1. The fourth-order valence-electron chi connectivity index (χ4n) is 2.99. The molecule has 0 bridgehead atoms. The summed E-state index contributed by atoms with van der Waals surface area (Å²) >= 11 is 0. The molecule has 2 aromatic rings. The van der Waals surface area contributed by atoms with Gasteiger partial charge in [0.05, 0.1) is 18.2 Å². The summed E-state index contributed by atoms with van der Waals surface area (Å²) in [5, 5.41) is 21.4. The monoisotopic (exact) mass is 371 g/mol. The van der Waals surface area contributed by atoms with E-state index in [2.05, 4.69) is 5.32 Å². The molecular weight excluding hydrogens is 350 g/mol. The topological polar surface area (TPSA) is 105 Å². The van der Waals surface area contributed by atoms with E-state index in [0.29, 0.717) is 36.5 Å². The minimum atomic E-state index is -1.00. The molecule has 0 aromatic heterocycles. The van der Waals surface area contributed by atoms with Gasteiger partial charge < -0.3 is 25.0 Å². The Labute approximate surface area is 156 Å². The van der Waals surface area contributed by atoms with E-state index < -0.39 is 12.1 Å². The largest absolute Gasteiger partial charge is 0.508 e. The maximum absolute atomic E-state index is 12.6. The highest BCUT2D eigenvalue weighted by atomic mass is 16.5. The van der Waals surface area contributed by atoms with Crippen LogP contribution < -0.4 is 10.1 Å². The van der Waals surface area contributed by atoms with E-state index in [1.165, 1.54) is 24.3 Å². The number of phenolic OH excluding ortho intramolecular Hbond substituents is 1. The van der Waals surface area contributed by atoms with Crippen LogP contribution in [0.4, 0.5) is 0 Å². The number of carboxylic acids is 1. The van der Waals surface area contributed by atoms with Gasteiger partial charge in [-0.25, -0.2) is 4.79 Å². The first-order chi connectivity index (χ1) is 12.9. The Hall–Kier alpha value is -3.06. The molecule has 1 aliphatic rings. The summed E-state index contributed by atoms with van der Waals surface area (Å²) in [5.74, 6) is -0.622. The molecule has 2 atom stereocenters. The fraction of sp³-hybridized carbons (Fsp3) is 0.300. The third-order valence-electron chi connectivity index (χ3n) is 4.46. The maximum Gasteiger partial charge on any atom is 0.335 e. The second kappa shape index (κ2) is 8.09. The lowest BCUT2D eigenvalue weighted by Crippen LogP contribution is -2.51. The number of benzene rings is 2. The van der Waals surface area contributed by atoms with E-state index in [-0.39, 0.29) is 23.3 Å². The van der Waals surface area contributed by atoms with Gasteiger partial charge in [0.1, 0.15) is 17.6 Å². The van der Waals surface area contributed by atoms with Crippen LogP contribution in [0.15, 0.2) is 42.5 Å². The van der Waals surface area contributed by atoms with Gasteiger partial charge in [0, 0.05) is 12.2 Å². The molecule has 1 amide bonds. The summed E-state index contributed by atoms with van der Waals surface area (Å²) < 4.78 is 11.4. The number of nitrogens with one attached hydrogen (secondary N) is 1. The Morgan fingerprint density at radius 3 is 2.59 bits per heavy atom. The predicted molar refractivity (Wildman–Crippen MR) is 97.4 cm³/mol. The first-order valence-corrected chi connectivity index (χ1v) is 8.62. The Kier molecular flexibility index (Phi) is 5.61. The summed E-state index contributed by atoms with van der Waals surface area (Å²) in [6.07, 6.45) is 0.205. The average molecular weight is 371 g/mol. The molecule has 0 unspecified atom stereocenters. The number of rotatable bonds is 5. The first-order valence-electron chi connectivity index (χ1n) is 8.62. The molecule has 1 saturated heterocycles. The van der Waals surface area contributed by atoms with E-state index in [1.807, 2.05) is 0 Å². The minimum Gasteiger partial charge on any atom is -0.508 e. The standard InChI is InChI=1S/C20H21NO6/c1-12-10-14(22)4-7-16(12)19(23)21-17-8-9-26-11-18(17)27-15-5-2-13(3-6-15)20(24)25/h2-7,10,17-18,22H,8-9,11H2,1H3,(H,21,23)(H,24,25)/t17-,18-/m1/s1. The minimum absolute atomic E-state index is 0.112. The van der Waals surface area contributed by atoms with Crippen LogP contribution in [0, 0.1) is 6.92 Å². The number of carbonyl (C=O) groups is 2. The second-order valence-corrected chi connectivity index (χ2v) is 6.43. The summed E-state index contributed by atoms with van der Waals surface area (Å²) in [6.45, 7) is 2.59. The summed E-state index contributed by atoms with van der Waals surface area (Å²) in [4.78, 5) is 23.5. The van der Waals surface area contributed by atoms with Gasteiger partial charge in [0.2, 0.25) is 0 Å². The van der Waals surface area contributed by atoms with Crippen LogP contribution in [0.2, 0.25) is 0 Å². The molecule has 3 rings (SSSR count). The lowest BCUT2D eigenvalue weighted by molar-refractivity contribution is -0.0135. The predicted octanol–water partition coefficient (Wildman–Crippen LogP) is 2.37. The van der Waals surface area contributed by atoms with Crippen molar-refractivity contribution in [3.05, 3.63) is 59.2 Å².